The third kappa shape index (κ3) is 3.17. The lowest BCUT2D eigenvalue weighted by molar-refractivity contribution is 0.132. The van der Waals surface area contributed by atoms with Gasteiger partial charge in [-0.1, -0.05) is 6.92 Å². The monoisotopic (exact) mass is 309 g/mol. The standard InChI is InChI=1S/C13H19N5S2/c1-2-17-3-5-18(6-4-17)8-12-15-7-11(20-12)10-9-19-13(14)16-10/h7,9H,2-6,8H2,1H3,(H2,14,16). The van der Waals surface area contributed by atoms with Gasteiger partial charge in [-0.25, -0.2) is 9.97 Å². The Bertz CT molecular complexity index is 557. The Morgan fingerprint density at radius 3 is 2.65 bits per heavy atom. The van der Waals surface area contributed by atoms with E-state index in [1.54, 1.807) is 11.3 Å². The van der Waals surface area contributed by atoms with Crippen LogP contribution in [-0.4, -0.2) is 52.5 Å². The van der Waals surface area contributed by atoms with E-state index in [1.165, 1.54) is 11.3 Å². The smallest absolute Gasteiger partial charge is 0.180 e. The number of nitrogens with two attached hydrogens (primary N) is 1. The molecule has 20 heavy (non-hydrogen) atoms. The second kappa shape index (κ2) is 6.17. The molecule has 2 aromatic heterocycles. The van der Waals surface area contributed by atoms with E-state index in [0.29, 0.717) is 5.13 Å². The lowest BCUT2D eigenvalue weighted by atomic mass is 10.3. The van der Waals surface area contributed by atoms with Gasteiger partial charge in [-0.15, -0.1) is 22.7 Å². The summed E-state index contributed by atoms with van der Waals surface area (Å²) < 4.78 is 0. The first kappa shape index (κ1) is 13.9. The van der Waals surface area contributed by atoms with Crippen LogP contribution in [0.5, 0.6) is 0 Å². The summed E-state index contributed by atoms with van der Waals surface area (Å²) in [6.45, 7) is 8.91. The first-order valence-corrected chi connectivity index (χ1v) is 8.55. The van der Waals surface area contributed by atoms with Crippen molar-refractivity contribution in [1.82, 2.24) is 19.8 Å². The number of likely N-dealkylation sites (N-methyl/N-ethyl adjacent to an activating group) is 1. The van der Waals surface area contributed by atoms with Crippen molar-refractivity contribution in [2.75, 3.05) is 38.5 Å². The third-order valence-electron chi connectivity index (χ3n) is 3.60. The van der Waals surface area contributed by atoms with E-state index >= 15 is 0 Å². The predicted molar refractivity (Wildman–Crippen MR) is 85.0 cm³/mol. The molecule has 0 bridgehead atoms. The molecule has 5 nitrogen and oxygen atoms in total. The van der Waals surface area contributed by atoms with Crippen LogP contribution in [0.4, 0.5) is 5.13 Å². The number of nitrogen functional groups attached to an aromatic ring is 1. The van der Waals surface area contributed by atoms with E-state index in [-0.39, 0.29) is 0 Å². The summed E-state index contributed by atoms with van der Waals surface area (Å²) >= 11 is 3.20. The molecule has 0 aromatic carbocycles. The van der Waals surface area contributed by atoms with Gasteiger partial charge in [0.2, 0.25) is 0 Å². The topological polar surface area (TPSA) is 58.3 Å². The van der Waals surface area contributed by atoms with Crippen molar-refractivity contribution in [3.05, 3.63) is 16.6 Å². The van der Waals surface area contributed by atoms with E-state index in [9.17, 15) is 0 Å². The van der Waals surface area contributed by atoms with Crippen LogP contribution in [0.2, 0.25) is 0 Å². The molecule has 0 atom stereocenters. The van der Waals surface area contributed by atoms with E-state index in [2.05, 4.69) is 26.7 Å². The zero-order valence-electron chi connectivity index (χ0n) is 11.6. The Labute approximate surface area is 127 Å². The summed E-state index contributed by atoms with van der Waals surface area (Å²) in [6.07, 6.45) is 1.91. The van der Waals surface area contributed by atoms with Crippen molar-refractivity contribution >= 4 is 27.8 Å². The van der Waals surface area contributed by atoms with Crippen LogP contribution < -0.4 is 5.73 Å². The molecule has 0 saturated carbocycles. The number of nitrogens with zero attached hydrogens (tertiary/aromatic N) is 4. The minimum atomic E-state index is 0.616. The molecule has 1 aliphatic rings. The SMILES string of the molecule is CCN1CCN(Cc2ncc(-c3csc(N)n3)s2)CC1. The zero-order chi connectivity index (χ0) is 13.9. The first-order chi connectivity index (χ1) is 9.74. The zero-order valence-corrected chi connectivity index (χ0v) is 13.2. The minimum absolute atomic E-state index is 0.616. The van der Waals surface area contributed by atoms with Gasteiger partial charge in [-0.05, 0) is 6.54 Å². The van der Waals surface area contributed by atoms with Gasteiger partial charge in [0.1, 0.15) is 5.01 Å². The number of hydrogen-bond acceptors (Lipinski definition) is 7. The normalized spacial score (nSPS) is 17.6. The van der Waals surface area contributed by atoms with E-state index < -0.39 is 0 Å². The van der Waals surface area contributed by atoms with Crippen LogP contribution in [0, 0.1) is 0 Å². The number of anilines is 1. The molecule has 2 N–H and O–H groups in total. The predicted octanol–water partition coefficient (Wildman–Crippen LogP) is 1.99. The fourth-order valence-corrected chi connectivity index (χ4v) is 3.92. The Morgan fingerprint density at radius 2 is 2.00 bits per heavy atom. The number of piperazine rings is 1. The van der Waals surface area contributed by atoms with Crippen molar-refractivity contribution in [2.45, 2.75) is 13.5 Å². The number of rotatable bonds is 4. The highest BCUT2D eigenvalue weighted by Gasteiger charge is 2.17. The molecule has 0 aliphatic carbocycles. The molecule has 0 unspecified atom stereocenters. The van der Waals surface area contributed by atoms with Crippen molar-refractivity contribution in [3.63, 3.8) is 0 Å². The van der Waals surface area contributed by atoms with Gasteiger partial charge >= 0.3 is 0 Å². The molecule has 3 heterocycles. The number of hydrogen-bond donors (Lipinski definition) is 1. The van der Waals surface area contributed by atoms with Gasteiger partial charge in [0.25, 0.3) is 0 Å². The highest BCUT2D eigenvalue weighted by molar-refractivity contribution is 7.16. The average molecular weight is 309 g/mol. The van der Waals surface area contributed by atoms with E-state index in [1.807, 2.05) is 11.6 Å². The van der Waals surface area contributed by atoms with Gasteiger partial charge in [0, 0.05) is 37.8 Å². The molecule has 108 valence electrons. The fraction of sp³-hybridized carbons (Fsp3) is 0.538. The Balaban J connectivity index is 1.60. The van der Waals surface area contributed by atoms with Crippen LogP contribution in [0.25, 0.3) is 10.6 Å². The summed E-state index contributed by atoms with van der Waals surface area (Å²) in [4.78, 5) is 14.9. The maximum atomic E-state index is 5.68. The van der Waals surface area contributed by atoms with Gasteiger partial charge in [0.15, 0.2) is 5.13 Å². The second-order valence-corrected chi connectivity index (χ2v) is 6.90. The largest absolute Gasteiger partial charge is 0.375 e. The Kier molecular flexibility index (Phi) is 4.30. The Morgan fingerprint density at radius 1 is 1.25 bits per heavy atom. The molecule has 0 amide bonds. The molecule has 0 radical (unpaired) electrons. The van der Waals surface area contributed by atoms with Gasteiger partial charge in [0.05, 0.1) is 17.1 Å². The lowest BCUT2D eigenvalue weighted by Crippen LogP contribution is -2.45. The third-order valence-corrected chi connectivity index (χ3v) is 5.28. The van der Waals surface area contributed by atoms with Crippen molar-refractivity contribution in [3.8, 4) is 10.6 Å². The molecule has 3 rings (SSSR count). The summed E-state index contributed by atoms with van der Waals surface area (Å²) in [5.74, 6) is 0. The number of aromatic nitrogens is 2. The van der Waals surface area contributed by atoms with Crippen LogP contribution in [0.15, 0.2) is 11.6 Å². The lowest BCUT2D eigenvalue weighted by Gasteiger charge is -2.33. The quantitative estimate of drug-likeness (QED) is 0.936. The van der Waals surface area contributed by atoms with Crippen LogP contribution in [0.3, 0.4) is 0 Å². The van der Waals surface area contributed by atoms with E-state index in [4.69, 9.17) is 5.73 Å². The van der Waals surface area contributed by atoms with Crippen LogP contribution in [-0.2, 0) is 6.54 Å². The Hall–Kier alpha value is -1.02. The van der Waals surface area contributed by atoms with Gasteiger partial charge < -0.3 is 10.6 Å². The summed E-state index contributed by atoms with van der Waals surface area (Å²) in [6, 6.07) is 0. The highest BCUT2D eigenvalue weighted by Crippen LogP contribution is 2.28. The van der Waals surface area contributed by atoms with Crippen molar-refractivity contribution in [1.29, 1.82) is 0 Å². The summed E-state index contributed by atoms with van der Waals surface area (Å²) in [5.41, 5.74) is 6.63. The van der Waals surface area contributed by atoms with Crippen LogP contribution in [0.1, 0.15) is 11.9 Å². The van der Waals surface area contributed by atoms with Gasteiger partial charge in [-0.2, -0.15) is 0 Å². The molecule has 7 heteroatoms. The van der Waals surface area contributed by atoms with Gasteiger partial charge in [-0.3, -0.25) is 4.90 Å². The molecule has 1 saturated heterocycles. The summed E-state index contributed by atoms with van der Waals surface area (Å²) in [5, 5.41) is 3.77. The first-order valence-electron chi connectivity index (χ1n) is 6.85. The highest BCUT2D eigenvalue weighted by atomic mass is 32.1. The fourth-order valence-electron chi connectivity index (χ4n) is 2.36. The molecule has 0 spiro atoms. The van der Waals surface area contributed by atoms with E-state index in [0.717, 1.165) is 54.8 Å². The molecule has 1 fully saturated rings. The maximum Gasteiger partial charge on any atom is 0.180 e. The molecular formula is C13H19N5S2. The van der Waals surface area contributed by atoms with Crippen molar-refractivity contribution < 1.29 is 0 Å². The van der Waals surface area contributed by atoms with Crippen LogP contribution >= 0.6 is 22.7 Å². The molecule has 2 aromatic rings. The molecular weight excluding hydrogens is 290 g/mol. The molecule has 1 aliphatic heterocycles. The minimum Gasteiger partial charge on any atom is -0.375 e. The average Bonchev–Trinajstić information content (AvgIpc) is 3.09. The maximum absolute atomic E-state index is 5.68. The second-order valence-electron chi connectivity index (χ2n) is 4.90. The van der Waals surface area contributed by atoms with Crippen molar-refractivity contribution in [2.24, 2.45) is 0 Å². The number of thiazole rings is 2. The summed E-state index contributed by atoms with van der Waals surface area (Å²) in [7, 11) is 0.